The van der Waals surface area contributed by atoms with Crippen LogP contribution in [0, 0.1) is 0 Å². The molecular formula is C17H24N2O5. The van der Waals surface area contributed by atoms with Crippen LogP contribution in [-0.2, 0) is 16.1 Å². The molecule has 2 aliphatic heterocycles. The SMILES string of the molecule is O=C(CO)NCC[C@H]1CN(Cc2ccc3c(c2)OCCO3)CCO1. The number of morpholine rings is 1. The van der Waals surface area contributed by atoms with Gasteiger partial charge in [0.05, 0.1) is 12.7 Å². The molecule has 0 radical (unpaired) electrons. The van der Waals surface area contributed by atoms with Crippen LogP contribution in [-0.4, -0.2) is 68.1 Å². The van der Waals surface area contributed by atoms with Gasteiger partial charge in [0, 0.05) is 26.2 Å². The second kappa shape index (κ2) is 8.32. The van der Waals surface area contributed by atoms with E-state index in [1.165, 1.54) is 5.56 Å². The van der Waals surface area contributed by atoms with Gasteiger partial charge in [0.2, 0.25) is 5.91 Å². The number of rotatable bonds is 6. The Morgan fingerprint density at radius 2 is 2.08 bits per heavy atom. The molecule has 2 aliphatic rings. The molecular weight excluding hydrogens is 312 g/mol. The molecule has 24 heavy (non-hydrogen) atoms. The van der Waals surface area contributed by atoms with E-state index < -0.39 is 6.61 Å². The fraction of sp³-hybridized carbons (Fsp3) is 0.588. The number of carbonyl (C=O) groups excluding carboxylic acids is 1. The van der Waals surface area contributed by atoms with Crippen molar-refractivity contribution in [1.29, 1.82) is 0 Å². The molecule has 0 unspecified atom stereocenters. The average molecular weight is 336 g/mol. The number of carbonyl (C=O) groups is 1. The summed E-state index contributed by atoms with van der Waals surface area (Å²) in [5.41, 5.74) is 1.19. The Hall–Kier alpha value is -1.83. The second-order valence-electron chi connectivity index (χ2n) is 6.00. The Balaban J connectivity index is 1.49. The van der Waals surface area contributed by atoms with Gasteiger partial charge in [-0.25, -0.2) is 0 Å². The van der Waals surface area contributed by atoms with E-state index in [0.29, 0.717) is 26.4 Å². The van der Waals surface area contributed by atoms with Crippen molar-refractivity contribution < 1.29 is 24.1 Å². The molecule has 2 N–H and O–H groups in total. The Kier molecular flexibility index (Phi) is 5.90. The normalized spacial score (nSPS) is 20.6. The molecule has 1 aromatic rings. The van der Waals surface area contributed by atoms with E-state index in [1.54, 1.807) is 0 Å². The minimum Gasteiger partial charge on any atom is -0.486 e. The molecule has 0 saturated carbocycles. The number of aliphatic hydroxyl groups is 1. The lowest BCUT2D eigenvalue weighted by atomic mass is 10.1. The van der Waals surface area contributed by atoms with Crippen molar-refractivity contribution in [3.8, 4) is 11.5 Å². The first-order chi connectivity index (χ1) is 11.7. The molecule has 0 aromatic heterocycles. The first kappa shape index (κ1) is 17.0. The standard InChI is InChI=1S/C17H24N2O5/c20-12-17(21)18-4-3-14-11-19(5-6-22-14)10-13-1-2-15-16(9-13)24-8-7-23-15/h1-2,9,14,20H,3-8,10-12H2,(H,18,21)/t14-/m0/s1. The molecule has 132 valence electrons. The molecule has 0 bridgehead atoms. The molecule has 1 saturated heterocycles. The van der Waals surface area contributed by atoms with E-state index in [1.807, 2.05) is 12.1 Å². The Morgan fingerprint density at radius 3 is 2.92 bits per heavy atom. The summed E-state index contributed by atoms with van der Waals surface area (Å²) in [6.07, 6.45) is 0.832. The molecule has 2 heterocycles. The maximum absolute atomic E-state index is 11.0. The summed E-state index contributed by atoms with van der Waals surface area (Å²) in [7, 11) is 0. The molecule has 0 aliphatic carbocycles. The number of amides is 1. The zero-order valence-corrected chi connectivity index (χ0v) is 13.7. The third-order valence-electron chi connectivity index (χ3n) is 4.17. The van der Waals surface area contributed by atoms with Crippen LogP contribution < -0.4 is 14.8 Å². The minimum absolute atomic E-state index is 0.0925. The van der Waals surface area contributed by atoms with Crippen LogP contribution in [0.1, 0.15) is 12.0 Å². The van der Waals surface area contributed by atoms with Crippen LogP contribution in [0.25, 0.3) is 0 Å². The third kappa shape index (κ3) is 4.59. The molecule has 1 fully saturated rings. The van der Waals surface area contributed by atoms with E-state index >= 15 is 0 Å². The fourth-order valence-electron chi connectivity index (χ4n) is 2.97. The zero-order chi connectivity index (χ0) is 16.8. The highest BCUT2D eigenvalue weighted by Crippen LogP contribution is 2.31. The summed E-state index contributed by atoms with van der Waals surface area (Å²) in [4.78, 5) is 13.4. The molecule has 1 amide bonds. The smallest absolute Gasteiger partial charge is 0.245 e. The summed E-state index contributed by atoms with van der Waals surface area (Å²) >= 11 is 0. The average Bonchev–Trinajstić information content (AvgIpc) is 2.62. The number of nitrogens with zero attached hydrogens (tertiary/aromatic N) is 1. The number of hydrogen-bond acceptors (Lipinski definition) is 6. The summed E-state index contributed by atoms with van der Waals surface area (Å²) in [5, 5.41) is 11.4. The van der Waals surface area contributed by atoms with Gasteiger partial charge >= 0.3 is 0 Å². The van der Waals surface area contributed by atoms with E-state index in [9.17, 15) is 4.79 Å². The van der Waals surface area contributed by atoms with Crippen molar-refractivity contribution in [2.24, 2.45) is 0 Å². The largest absolute Gasteiger partial charge is 0.486 e. The maximum Gasteiger partial charge on any atom is 0.245 e. The number of aliphatic hydroxyl groups excluding tert-OH is 1. The van der Waals surface area contributed by atoms with Crippen molar-refractivity contribution in [3.05, 3.63) is 23.8 Å². The first-order valence-electron chi connectivity index (χ1n) is 8.34. The van der Waals surface area contributed by atoms with Crippen molar-refractivity contribution >= 4 is 5.91 Å². The lowest BCUT2D eigenvalue weighted by molar-refractivity contribution is -0.124. The lowest BCUT2D eigenvalue weighted by Crippen LogP contribution is -2.43. The van der Waals surface area contributed by atoms with E-state index in [4.69, 9.17) is 19.3 Å². The first-order valence-corrected chi connectivity index (χ1v) is 8.34. The third-order valence-corrected chi connectivity index (χ3v) is 4.17. The fourth-order valence-corrected chi connectivity index (χ4v) is 2.97. The predicted molar refractivity (Wildman–Crippen MR) is 87.2 cm³/mol. The molecule has 1 atom stereocenters. The van der Waals surface area contributed by atoms with Gasteiger partial charge in [-0.3, -0.25) is 9.69 Å². The zero-order valence-electron chi connectivity index (χ0n) is 13.7. The van der Waals surface area contributed by atoms with Gasteiger partial charge in [-0.2, -0.15) is 0 Å². The highest BCUT2D eigenvalue weighted by Gasteiger charge is 2.21. The minimum atomic E-state index is -0.470. The Morgan fingerprint density at radius 1 is 1.25 bits per heavy atom. The van der Waals surface area contributed by atoms with E-state index in [2.05, 4.69) is 16.3 Å². The summed E-state index contributed by atoms with van der Waals surface area (Å²) in [5.74, 6) is 1.28. The van der Waals surface area contributed by atoms with Crippen molar-refractivity contribution in [3.63, 3.8) is 0 Å². The van der Waals surface area contributed by atoms with Gasteiger partial charge in [-0.15, -0.1) is 0 Å². The van der Waals surface area contributed by atoms with Crippen molar-refractivity contribution in [2.75, 3.05) is 46.1 Å². The van der Waals surface area contributed by atoms with Crippen LogP contribution in [0.4, 0.5) is 0 Å². The molecule has 7 heteroatoms. The van der Waals surface area contributed by atoms with Crippen LogP contribution in [0.2, 0.25) is 0 Å². The van der Waals surface area contributed by atoms with E-state index in [-0.39, 0.29) is 12.0 Å². The van der Waals surface area contributed by atoms with Crippen LogP contribution in [0.15, 0.2) is 18.2 Å². The van der Waals surface area contributed by atoms with Crippen LogP contribution >= 0.6 is 0 Å². The highest BCUT2D eigenvalue weighted by atomic mass is 16.6. The number of hydrogen-bond donors (Lipinski definition) is 2. The van der Waals surface area contributed by atoms with Gasteiger partial charge in [0.15, 0.2) is 11.5 Å². The Bertz CT molecular complexity index is 566. The lowest BCUT2D eigenvalue weighted by Gasteiger charge is -2.33. The number of nitrogens with one attached hydrogen (secondary N) is 1. The molecule has 7 nitrogen and oxygen atoms in total. The molecule has 0 spiro atoms. The summed E-state index contributed by atoms with van der Waals surface area (Å²) in [6.45, 7) is 4.46. The number of fused-ring (bicyclic) bond motifs is 1. The maximum atomic E-state index is 11.0. The van der Waals surface area contributed by atoms with Gasteiger partial charge in [-0.1, -0.05) is 6.07 Å². The predicted octanol–water partition coefficient (Wildman–Crippen LogP) is 0.157. The highest BCUT2D eigenvalue weighted by molar-refractivity contribution is 5.76. The van der Waals surface area contributed by atoms with Crippen molar-refractivity contribution in [2.45, 2.75) is 19.1 Å². The topological polar surface area (TPSA) is 80.3 Å². The van der Waals surface area contributed by atoms with Crippen LogP contribution in [0.5, 0.6) is 11.5 Å². The molecule has 3 rings (SSSR count). The second-order valence-corrected chi connectivity index (χ2v) is 6.00. The van der Waals surface area contributed by atoms with Gasteiger partial charge in [0.25, 0.3) is 0 Å². The molecule has 1 aromatic carbocycles. The summed E-state index contributed by atoms with van der Waals surface area (Å²) < 4.78 is 16.9. The number of benzene rings is 1. The Labute approximate surface area is 141 Å². The quantitative estimate of drug-likeness (QED) is 0.770. The number of ether oxygens (including phenoxy) is 3. The van der Waals surface area contributed by atoms with Gasteiger partial charge < -0.3 is 24.6 Å². The van der Waals surface area contributed by atoms with Crippen molar-refractivity contribution in [1.82, 2.24) is 10.2 Å². The van der Waals surface area contributed by atoms with Crippen LogP contribution in [0.3, 0.4) is 0 Å². The van der Waals surface area contributed by atoms with Gasteiger partial charge in [0.1, 0.15) is 19.8 Å². The summed E-state index contributed by atoms with van der Waals surface area (Å²) in [6, 6.07) is 6.08. The van der Waals surface area contributed by atoms with E-state index in [0.717, 1.165) is 37.6 Å². The monoisotopic (exact) mass is 336 g/mol. The van der Waals surface area contributed by atoms with Gasteiger partial charge in [-0.05, 0) is 24.1 Å².